The minimum absolute atomic E-state index is 0.203. The number of aliphatic hydroxyl groups excluding tert-OH is 1. The van der Waals surface area contributed by atoms with Crippen LogP contribution in [0.1, 0.15) is 12.0 Å². The molecule has 1 amide bonds. The minimum atomic E-state index is -0.465. The van der Waals surface area contributed by atoms with Crippen LogP contribution in [-0.2, 0) is 11.2 Å². The van der Waals surface area contributed by atoms with Gasteiger partial charge in [-0.3, -0.25) is 4.79 Å². The molecule has 6 nitrogen and oxygen atoms in total. The Bertz CT molecular complexity index is 870. The summed E-state index contributed by atoms with van der Waals surface area (Å²) in [6.07, 6.45) is 4.53. The van der Waals surface area contributed by atoms with Crippen LogP contribution in [0.4, 0.5) is 5.82 Å². The Morgan fingerprint density at radius 3 is 2.64 bits per heavy atom. The van der Waals surface area contributed by atoms with Crippen LogP contribution in [0, 0.1) is 17.3 Å². The van der Waals surface area contributed by atoms with Crippen molar-refractivity contribution < 1.29 is 9.90 Å². The van der Waals surface area contributed by atoms with Gasteiger partial charge in [-0.15, -0.1) is 0 Å². The summed E-state index contributed by atoms with van der Waals surface area (Å²) in [5, 5.41) is 10.7. The third-order valence-corrected chi connectivity index (χ3v) is 6.86. The number of carbonyl (C=O) groups excluding carboxylic acids is 1. The Morgan fingerprint density at radius 1 is 1.21 bits per heavy atom. The molecule has 1 aromatic heterocycles. The number of halogens is 1. The van der Waals surface area contributed by atoms with Gasteiger partial charge in [-0.1, -0.05) is 23.7 Å². The molecule has 1 saturated carbocycles. The van der Waals surface area contributed by atoms with Gasteiger partial charge in [0.15, 0.2) is 0 Å². The number of carbonyl (C=O) groups is 1. The molecule has 3 atom stereocenters. The van der Waals surface area contributed by atoms with Gasteiger partial charge < -0.3 is 14.9 Å². The number of aliphatic hydroxyl groups is 1. The molecule has 0 bridgehead atoms. The van der Waals surface area contributed by atoms with Gasteiger partial charge in [0, 0.05) is 43.3 Å². The van der Waals surface area contributed by atoms with Crippen LogP contribution in [0.2, 0.25) is 5.02 Å². The Labute approximate surface area is 169 Å². The molecule has 1 aromatic carbocycles. The van der Waals surface area contributed by atoms with Crippen molar-refractivity contribution in [3.63, 3.8) is 0 Å². The van der Waals surface area contributed by atoms with Crippen LogP contribution >= 0.6 is 11.6 Å². The summed E-state index contributed by atoms with van der Waals surface area (Å²) in [5.41, 5.74) is 0.648. The minimum Gasteiger partial charge on any atom is -0.393 e. The van der Waals surface area contributed by atoms with E-state index in [1.807, 2.05) is 35.2 Å². The maximum absolute atomic E-state index is 13.6. The predicted octanol–water partition coefficient (Wildman–Crippen LogP) is 2.02. The highest BCUT2D eigenvalue weighted by atomic mass is 35.5. The zero-order valence-electron chi connectivity index (χ0n) is 15.5. The van der Waals surface area contributed by atoms with E-state index in [2.05, 4.69) is 14.9 Å². The molecule has 1 aliphatic carbocycles. The summed E-state index contributed by atoms with van der Waals surface area (Å²) in [4.78, 5) is 26.0. The lowest BCUT2D eigenvalue weighted by Crippen LogP contribution is -2.65. The molecule has 28 heavy (non-hydrogen) atoms. The van der Waals surface area contributed by atoms with Crippen molar-refractivity contribution in [1.82, 2.24) is 14.9 Å². The van der Waals surface area contributed by atoms with Gasteiger partial charge in [0.05, 0.1) is 11.5 Å². The molecular formula is C21H23ClN4O2. The first-order valence-electron chi connectivity index (χ1n) is 9.77. The molecule has 3 aliphatic rings. The molecule has 2 saturated heterocycles. The molecule has 0 unspecified atom stereocenters. The smallest absolute Gasteiger partial charge is 0.232 e. The first-order chi connectivity index (χ1) is 13.5. The van der Waals surface area contributed by atoms with E-state index < -0.39 is 5.41 Å². The zero-order chi connectivity index (χ0) is 19.3. The van der Waals surface area contributed by atoms with E-state index in [0.29, 0.717) is 37.0 Å². The second-order valence-electron chi connectivity index (χ2n) is 8.44. The van der Waals surface area contributed by atoms with Crippen LogP contribution in [0.15, 0.2) is 42.9 Å². The van der Waals surface area contributed by atoms with Gasteiger partial charge in [0.1, 0.15) is 12.1 Å². The van der Waals surface area contributed by atoms with E-state index >= 15 is 0 Å². The van der Waals surface area contributed by atoms with Crippen LogP contribution in [0.5, 0.6) is 0 Å². The molecule has 5 rings (SSSR count). The maximum Gasteiger partial charge on any atom is 0.232 e. The number of rotatable bonds is 4. The van der Waals surface area contributed by atoms with Crippen molar-refractivity contribution in [2.75, 3.05) is 31.1 Å². The third-order valence-electron chi connectivity index (χ3n) is 6.60. The van der Waals surface area contributed by atoms with Crippen molar-refractivity contribution in [3.05, 3.63) is 53.4 Å². The highest BCUT2D eigenvalue weighted by Gasteiger charge is 2.55. The first-order valence-corrected chi connectivity index (χ1v) is 10.1. The first kappa shape index (κ1) is 17.9. The summed E-state index contributed by atoms with van der Waals surface area (Å²) in [6, 6.07) is 9.64. The average molecular weight is 399 g/mol. The number of hydrogen-bond donors (Lipinski definition) is 1. The molecule has 3 heterocycles. The lowest BCUT2D eigenvalue weighted by Gasteiger charge is -2.51. The molecule has 1 N–H and O–H groups in total. The quantitative estimate of drug-likeness (QED) is 0.853. The van der Waals surface area contributed by atoms with Crippen molar-refractivity contribution in [2.24, 2.45) is 17.3 Å². The highest BCUT2D eigenvalue weighted by Crippen LogP contribution is 2.44. The summed E-state index contributed by atoms with van der Waals surface area (Å²) in [7, 11) is 0. The van der Waals surface area contributed by atoms with E-state index in [1.54, 1.807) is 6.20 Å². The van der Waals surface area contributed by atoms with E-state index in [4.69, 9.17) is 11.6 Å². The van der Waals surface area contributed by atoms with E-state index in [9.17, 15) is 9.90 Å². The molecule has 0 radical (unpaired) electrons. The second kappa shape index (κ2) is 6.71. The van der Waals surface area contributed by atoms with E-state index in [-0.39, 0.29) is 17.9 Å². The average Bonchev–Trinajstić information content (AvgIpc) is 3.03. The standard InChI is InChI=1S/C21H23ClN4O2/c22-16-3-1-14(2-4-16)8-21(11-26(12-21)19-5-6-23-13-24-19)20(28)25-9-15-7-18(27)17(15)10-25/h1-6,13,15,17-18,27H,7-12H2/t15-,17+,18+/m0/s1. The largest absolute Gasteiger partial charge is 0.393 e. The van der Waals surface area contributed by atoms with E-state index in [1.165, 1.54) is 6.33 Å². The Hall–Kier alpha value is -2.18. The lowest BCUT2D eigenvalue weighted by atomic mass is 9.73. The number of fused-ring (bicyclic) bond motifs is 1. The molecule has 2 aromatic rings. The van der Waals surface area contributed by atoms with Crippen LogP contribution in [0.25, 0.3) is 0 Å². The van der Waals surface area contributed by atoms with Gasteiger partial charge in [-0.05, 0) is 42.5 Å². The number of anilines is 1. The normalized spacial score (nSPS) is 27.7. The maximum atomic E-state index is 13.6. The van der Waals surface area contributed by atoms with Gasteiger partial charge >= 0.3 is 0 Å². The number of nitrogens with zero attached hydrogens (tertiary/aromatic N) is 4. The number of amides is 1. The highest BCUT2D eigenvalue weighted by molar-refractivity contribution is 6.30. The topological polar surface area (TPSA) is 69.6 Å². The Morgan fingerprint density at radius 2 is 2.00 bits per heavy atom. The molecule has 146 valence electrons. The van der Waals surface area contributed by atoms with Gasteiger partial charge in [-0.25, -0.2) is 9.97 Å². The Balaban J connectivity index is 1.37. The third kappa shape index (κ3) is 2.95. The number of aromatic nitrogens is 2. The van der Waals surface area contributed by atoms with Gasteiger partial charge in [0.2, 0.25) is 5.91 Å². The van der Waals surface area contributed by atoms with Crippen molar-refractivity contribution in [3.8, 4) is 0 Å². The van der Waals surface area contributed by atoms with Crippen molar-refractivity contribution >= 4 is 23.3 Å². The molecule has 3 fully saturated rings. The van der Waals surface area contributed by atoms with Crippen molar-refractivity contribution in [2.45, 2.75) is 18.9 Å². The molecule has 2 aliphatic heterocycles. The fourth-order valence-electron chi connectivity index (χ4n) is 5.00. The van der Waals surface area contributed by atoms with Crippen LogP contribution in [-0.4, -0.2) is 58.2 Å². The summed E-state index contributed by atoms with van der Waals surface area (Å²) < 4.78 is 0. The van der Waals surface area contributed by atoms with Crippen LogP contribution in [0.3, 0.4) is 0 Å². The molecule has 0 spiro atoms. The summed E-state index contributed by atoms with van der Waals surface area (Å²) >= 11 is 6.03. The molecular weight excluding hydrogens is 376 g/mol. The van der Waals surface area contributed by atoms with Gasteiger partial charge in [0.25, 0.3) is 0 Å². The lowest BCUT2D eigenvalue weighted by molar-refractivity contribution is -0.143. The van der Waals surface area contributed by atoms with Crippen molar-refractivity contribution in [1.29, 1.82) is 0 Å². The number of benzene rings is 1. The van der Waals surface area contributed by atoms with E-state index in [0.717, 1.165) is 24.3 Å². The number of likely N-dealkylation sites (tertiary alicyclic amines) is 1. The fraction of sp³-hybridized carbons (Fsp3) is 0.476. The fourth-order valence-corrected chi connectivity index (χ4v) is 5.13. The number of hydrogen-bond acceptors (Lipinski definition) is 5. The zero-order valence-corrected chi connectivity index (χ0v) is 16.3. The molecule has 7 heteroatoms. The second-order valence-corrected chi connectivity index (χ2v) is 8.88. The van der Waals surface area contributed by atoms with Crippen LogP contribution < -0.4 is 4.90 Å². The SMILES string of the molecule is O=C(N1C[C@@H]2C[C@@H](O)[C@@H]2C1)C1(Cc2ccc(Cl)cc2)CN(c2ccncn2)C1. The summed E-state index contributed by atoms with van der Waals surface area (Å²) in [5.74, 6) is 1.78. The Kier molecular flexibility index (Phi) is 4.29. The van der Waals surface area contributed by atoms with Gasteiger partial charge in [-0.2, -0.15) is 0 Å². The predicted molar refractivity (Wildman–Crippen MR) is 106 cm³/mol. The summed E-state index contributed by atoms with van der Waals surface area (Å²) in [6.45, 7) is 2.73. The monoisotopic (exact) mass is 398 g/mol.